The molecule has 2 aromatic carbocycles. The molecule has 0 aliphatic carbocycles. The molecule has 0 aliphatic rings. The zero-order valence-electron chi connectivity index (χ0n) is 15.4. The molecule has 1 aromatic heterocycles. The lowest BCUT2D eigenvalue weighted by Gasteiger charge is -2.16. The largest absolute Gasteiger partial charge is 0.396 e. The highest BCUT2D eigenvalue weighted by Gasteiger charge is 2.17. The van der Waals surface area contributed by atoms with Crippen molar-refractivity contribution in [3.05, 3.63) is 81.2 Å². The van der Waals surface area contributed by atoms with Gasteiger partial charge in [0, 0.05) is 40.6 Å². The lowest BCUT2D eigenvalue weighted by Crippen LogP contribution is -2.33. The predicted octanol–water partition coefficient (Wildman–Crippen LogP) is 3.05. The standard InChI is InChI=1S/C21H20ClN3O3/c1-14-18(11-12-26)21(28)25(20(23-14)15-5-3-2-4-6-15)13-19(27)24-17-9-7-16(22)8-10-17/h2-10,26H,11-13H2,1H3,(H,24,27). The number of aryl methyl sites for hydroxylation is 1. The number of aromatic nitrogens is 2. The third kappa shape index (κ3) is 4.47. The van der Waals surface area contributed by atoms with E-state index in [4.69, 9.17) is 11.6 Å². The van der Waals surface area contributed by atoms with Crippen molar-refractivity contribution in [2.24, 2.45) is 0 Å². The molecule has 0 saturated carbocycles. The fourth-order valence-electron chi connectivity index (χ4n) is 2.93. The number of halogens is 1. The number of benzene rings is 2. The molecule has 0 saturated heterocycles. The molecule has 1 heterocycles. The summed E-state index contributed by atoms with van der Waals surface area (Å²) in [5.41, 5.74) is 1.94. The van der Waals surface area contributed by atoms with Crippen molar-refractivity contribution in [3.63, 3.8) is 0 Å². The Kier molecular flexibility index (Phi) is 6.23. The van der Waals surface area contributed by atoms with Gasteiger partial charge in [-0.2, -0.15) is 0 Å². The number of hydrogen-bond donors (Lipinski definition) is 2. The average molecular weight is 398 g/mol. The molecule has 7 heteroatoms. The van der Waals surface area contributed by atoms with E-state index < -0.39 is 0 Å². The monoisotopic (exact) mass is 397 g/mol. The van der Waals surface area contributed by atoms with E-state index >= 15 is 0 Å². The summed E-state index contributed by atoms with van der Waals surface area (Å²) in [6.07, 6.45) is 0.186. The number of nitrogens with one attached hydrogen (secondary N) is 1. The summed E-state index contributed by atoms with van der Waals surface area (Å²) < 4.78 is 1.35. The SMILES string of the molecule is Cc1nc(-c2ccccc2)n(CC(=O)Nc2ccc(Cl)cc2)c(=O)c1CCO. The molecule has 3 aromatic rings. The number of hydrogen-bond acceptors (Lipinski definition) is 4. The number of anilines is 1. The summed E-state index contributed by atoms with van der Waals surface area (Å²) in [5.74, 6) is 0.0539. The molecular formula is C21H20ClN3O3. The molecule has 0 fully saturated rings. The molecule has 0 spiro atoms. The molecule has 28 heavy (non-hydrogen) atoms. The molecule has 0 bridgehead atoms. The summed E-state index contributed by atoms with van der Waals surface area (Å²) in [7, 11) is 0. The number of aliphatic hydroxyl groups excluding tert-OH is 1. The first-order valence-electron chi connectivity index (χ1n) is 8.81. The van der Waals surface area contributed by atoms with Gasteiger partial charge in [0.25, 0.3) is 5.56 Å². The fourth-order valence-corrected chi connectivity index (χ4v) is 3.06. The van der Waals surface area contributed by atoms with Crippen LogP contribution in [0.25, 0.3) is 11.4 Å². The minimum Gasteiger partial charge on any atom is -0.396 e. The Bertz CT molecular complexity index is 1030. The van der Waals surface area contributed by atoms with E-state index in [-0.39, 0.29) is 31.0 Å². The second-order valence-corrected chi connectivity index (χ2v) is 6.72. The summed E-state index contributed by atoms with van der Waals surface area (Å²) >= 11 is 5.86. The molecule has 2 N–H and O–H groups in total. The molecule has 0 atom stereocenters. The minimum absolute atomic E-state index is 0.167. The maximum absolute atomic E-state index is 13.0. The highest BCUT2D eigenvalue weighted by atomic mass is 35.5. The van der Waals surface area contributed by atoms with E-state index in [1.807, 2.05) is 30.3 Å². The van der Waals surface area contributed by atoms with E-state index in [2.05, 4.69) is 10.3 Å². The van der Waals surface area contributed by atoms with Crippen LogP contribution in [0.3, 0.4) is 0 Å². The van der Waals surface area contributed by atoms with Gasteiger partial charge in [-0.25, -0.2) is 4.98 Å². The maximum Gasteiger partial charge on any atom is 0.257 e. The Morgan fingerprint density at radius 1 is 1.14 bits per heavy atom. The Balaban J connectivity index is 1.99. The number of rotatable bonds is 6. The van der Waals surface area contributed by atoms with Crippen LogP contribution in [0.15, 0.2) is 59.4 Å². The van der Waals surface area contributed by atoms with Crippen molar-refractivity contribution in [1.82, 2.24) is 9.55 Å². The zero-order valence-corrected chi connectivity index (χ0v) is 16.1. The highest BCUT2D eigenvalue weighted by molar-refractivity contribution is 6.30. The first kappa shape index (κ1) is 19.8. The minimum atomic E-state index is -0.359. The number of nitrogens with zero attached hydrogens (tertiary/aromatic N) is 2. The Morgan fingerprint density at radius 3 is 2.46 bits per heavy atom. The van der Waals surface area contributed by atoms with Crippen LogP contribution in [0.4, 0.5) is 5.69 Å². The van der Waals surface area contributed by atoms with Crippen LogP contribution in [0.1, 0.15) is 11.3 Å². The molecular weight excluding hydrogens is 378 g/mol. The first-order valence-corrected chi connectivity index (χ1v) is 9.19. The summed E-state index contributed by atoms with van der Waals surface area (Å²) in [5, 5.41) is 12.6. The van der Waals surface area contributed by atoms with Gasteiger partial charge in [-0.05, 0) is 31.2 Å². The lowest BCUT2D eigenvalue weighted by molar-refractivity contribution is -0.116. The Labute approximate surface area is 167 Å². The molecule has 144 valence electrons. The van der Waals surface area contributed by atoms with E-state index in [1.54, 1.807) is 31.2 Å². The van der Waals surface area contributed by atoms with Crippen molar-refractivity contribution in [2.75, 3.05) is 11.9 Å². The molecule has 6 nitrogen and oxygen atoms in total. The molecule has 0 aliphatic heterocycles. The Morgan fingerprint density at radius 2 is 1.82 bits per heavy atom. The van der Waals surface area contributed by atoms with Gasteiger partial charge in [0.1, 0.15) is 12.4 Å². The number of carbonyl (C=O) groups is 1. The van der Waals surface area contributed by atoms with Crippen molar-refractivity contribution in [2.45, 2.75) is 19.9 Å². The number of carbonyl (C=O) groups excluding carboxylic acids is 1. The number of amides is 1. The van der Waals surface area contributed by atoms with E-state index in [0.717, 1.165) is 5.56 Å². The van der Waals surface area contributed by atoms with Crippen molar-refractivity contribution >= 4 is 23.2 Å². The van der Waals surface area contributed by atoms with Crippen LogP contribution < -0.4 is 10.9 Å². The normalized spacial score (nSPS) is 10.7. The number of aliphatic hydroxyl groups is 1. The molecule has 0 unspecified atom stereocenters. The van der Waals surface area contributed by atoms with Crippen LogP contribution >= 0.6 is 11.6 Å². The average Bonchev–Trinajstić information content (AvgIpc) is 2.69. The van der Waals surface area contributed by atoms with E-state index in [9.17, 15) is 14.7 Å². The first-order chi connectivity index (χ1) is 13.5. The van der Waals surface area contributed by atoms with Crippen LogP contribution in [0.5, 0.6) is 0 Å². The van der Waals surface area contributed by atoms with E-state index in [1.165, 1.54) is 4.57 Å². The van der Waals surface area contributed by atoms with Crippen LogP contribution in [-0.4, -0.2) is 27.2 Å². The third-order valence-corrected chi connectivity index (χ3v) is 4.54. The molecule has 0 radical (unpaired) electrons. The van der Waals surface area contributed by atoms with Crippen molar-refractivity contribution in [1.29, 1.82) is 0 Å². The van der Waals surface area contributed by atoms with Gasteiger partial charge in [0.2, 0.25) is 5.91 Å². The van der Waals surface area contributed by atoms with E-state index in [0.29, 0.717) is 27.8 Å². The maximum atomic E-state index is 13.0. The van der Waals surface area contributed by atoms with Gasteiger partial charge < -0.3 is 10.4 Å². The summed E-state index contributed by atoms with van der Waals surface area (Å²) in [6, 6.07) is 15.9. The van der Waals surface area contributed by atoms with Crippen LogP contribution in [0, 0.1) is 6.92 Å². The smallest absolute Gasteiger partial charge is 0.257 e. The fraction of sp³-hybridized carbons (Fsp3) is 0.190. The van der Waals surface area contributed by atoms with Crippen molar-refractivity contribution in [3.8, 4) is 11.4 Å². The topological polar surface area (TPSA) is 84.2 Å². The summed E-state index contributed by atoms with van der Waals surface area (Å²) in [4.78, 5) is 30.1. The van der Waals surface area contributed by atoms with Gasteiger partial charge >= 0.3 is 0 Å². The van der Waals surface area contributed by atoms with Crippen molar-refractivity contribution < 1.29 is 9.90 Å². The highest BCUT2D eigenvalue weighted by Crippen LogP contribution is 2.18. The quantitative estimate of drug-likeness (QED) is 0.669. The predicted molar refractivity (Wildman–Crippen MR) is 110 cm³/mol. The second-order valence-electron chi connectivity index (χ2n) is 6.29. The zero-order chi connectivity index (χ0) is 20.1. The summed E-state index contributed by atoms with van der Waals surface area (Å²) in [6.45, 7) is 1.37. The van der Waals surface area contributed by atoms with Crippen LogP contribution in [0.2, 0.25) is 5.02 Å². The molecule has 3 rings (SSSR count). The van der Waals surface area contributed by atoms with Gasteiger partial charge in [-0.15, -0.1) is 0 Å². The van der Waals surface area contributed by atoms with Gasteiger partial charge in [0.15, 0.2) is 0 Å². The Hall–Kier alpha value is -2.96. The van der Waals surface area contributed by atoms with Gasteiger partial charge in [-0.1, -0.05) is 41.9 Å². The van der Waals surface area contributed by atoms with Gasteiger partial charge in [0.05, 0.1) is 0 Å². The van der Waals surface area contributed by atoms with Gasteiger partial charge in [-0.3, -0.25) is 14.2 Å². The van der Waals surface area contributed by atoms with Crippen LogP contribution in [-0.2, 0) is 17.8 Å². The molecule has 1 amide bonds. The second kappa shape index (κ2) is 8.82. The third-order valence-electron chi connectivity index (χ3n) is 4.29. The lowest BCUT2D eigenvalue weighted by atomic mass is 10.1.